The largest absolute Gasteiger partial charge is 0.497 e. The highest BCUT2D eigenvalue weighted by Crippen LogP contribution is 2.15. The van der Waals surface area contributed by atoms with Gasteiger partial charge >= 0.3 is 0 Å². The Morgan fingerprint density at radius 1 is 1.22 bits per heavy atom. The molecule has 1 rings (SSSR count). The van der Waals surface area contributed by atoms with Gasteiger partial charge in [0.15, 0.2) is 0 Å². The van der Waals surface area contributed by atoms with Gasteiger partial charge in [-0.2, -0.15) is 0 Å². The van der Waals surface area contributed by atoms with E-state index in [4.69, 9.17) is 4.74 Å². The van der Waals surface area contributed by atoms with Crippen LogP contribution in [0, 0.1) is 11.8 Å². The molecule has 0 aliphatic carbocycles. The van der Waals surface area contributed by atoms with Gasteiger partial charge in [0, 0.05) is 13.5 Å². The highest BCUT2D eigenvalue weighted by Gasteiger charge is 2.27. The second-order valence-electron chi connectivity index (χ2n) is 6.78. The Kier molecular flexibility index (Phi) is 9.29. The molecular formula is C19H29N3O5. The van der Waals surface area contributed by atoms with E-state index in [9.17, 15) is 19.6 Å². The van der Waals surface area contributed by atoms with Crippen LogP contribution in [0.2, 0.25) is 0 Å². The van der Waals surface area contributed by atoms with E-state index in [-0.39, 0.29) is 30.7 Å². The van der Waals surface area contributed by atoms with E-state index in [0.29, 0.717) is 23.7 Å². The first-order chi connectivity index (χ1) is 12.8. The second kappa shape index (κ2) is 11.2. The van der Waals surface area contributed by atoms with Crippen LogP contribution >= 0.6 is 0 Å². The first-order valence-corrected chi connectivity index (χ1v) is 8.86. The van der Waals surface area contributed by atoms with Gasteiger partial charge in [-0.15, -0.1) is 0 Å². The molecule has 3 N–H and O–H groups in total. The van der Waals surface area contributed by atoms with Crippen LogP contribution in [0.25, 0.3) is 0 Å². The second-order valence-corrected chi connectivity index (χ2v) is 6.78. The number of hydrogen-bond donors (Lipinski definition) is 3. The van der Waals surface area contributed by atoms with Gasteiger partial charge < -0.3 is 15.4 Å². The zero-order valence-corrected chi connectivity index (χ0v) is 16.3. The maximum Gasteiger partial charge on any atom is 0.242 e. The lowest BCUT2D eigenvalue weighted by Gasteiger charge is -2.24. The molecule has 1 aromatic carbocycles. The molecule has 0 aliphatic rings. The molecule has 0 radical (unpaired) electrons. The van der Waals surface area contributed by atoms with Crippen molar-refractivity contribution in [3.05, 3.63) is 29.8 Å². The molecule has 0 spiro atoms. The van der Waals surface area contributed by atoms with Crippen LogP contribution in [0.5, 0.6) is 5.75 Å². The Morgan fingerprint density at radius 2 is 1.85 bits per heavy atom. The zero-order chi connectivity index (χ0) is 20.4. The van der Waals surface area contributed by atoms with Crippen LogP contribution in [0.4, 0.5) is 0 Å². The fourth-order valence-corrected chi connectivity index (χ4v) is 2.77. The minimum atomic E-state index is -0.770. The summed E-state index contributed by atoms with van der Waals surface area (Å²) in [5.74, 6) is -0.442. The van der Waals surface area contributed by atoms with Crippen molar-refractivity contribution in [1.29, 1.82) is 0 Å². The van der Waals surface area contributed by atoms with Crippen LogP contribution in [-0.2, 0) is 20.8 Å². The van der Waals surface area contributed by atoms with Gasteiger partial charge in [-0.25, -0.2) is 5.06 Å². The molecule has 1 unspecified atom stereocenters. The molecule has 27 heavy (non-hydrogen) atoms. The SMILES string of the molecule is CNC(=O)[C@H](Cc1ccc(OC)cc1)NC(=O)C(CC(C)C)CN(O)C=O. The predicted molar refractivity (Wildman–Crippen MR) is 100 cm³/mol. The van der Waals surface area contributed by atoms with Gasteiger partial charge in [0.1, 0.15) is 11.8 Å². The van der Waals surface area contributed by atoms with E-state index in [2.05, 4.69) is 10.6 Å². The number of methoxy groups -OCH3 is 1. The van der Waals surface area contributed by atoms with E-state index in [0.717, 1.165) is 5.56 Å². The molecule has 2 atom stereocenters. The molecule has 3 amide bonds. The van der Waals surface area contributed by atoms with Gasteiger partial charge in [0.25, 0.3) is 0 Å². The molecule has 0 fully saturated rings. The molecular weight excluding hydrogens is 350 g/mol. The number of carbonyl (C=O) groups excluding carboxylic acids is 3. The summed E-state index contributed by atoms with van der Waals surface area (Å²) >= 11 is 0. The first kappa shape index (κ1) is 22.4. The molecule has 0 saturated carbocycles. The van der Waals surface area contributed by atoms with Crippen LogP contribution in [0.1, 0.15) is 25.8 Å². The molecule has 0 aliphatic heterocycles. The molecule has 150 valence electrons. The number of carbonyl (C=O) groups is 3. The highest BCUT2D eigenvalue weighted by atomic mass is 16.5. The maximum absolute atomic E-state index is 12.7. The lowest BCUT2D eigenvalue weighted by molar-refractivity contribution is -0.155. The van der Waals surface area contributed by atoms with Crippen molar-refractivity contribution in [2.75, 3.05) is 20.7 Å². The standard InChI is InChI=1S/C19H29N3O5/c1-13(2)9-15(11-22(26)12-23)18(24)21-17(19(25)20-3)10-14-5-7-16(27-4)8-6-14/h5-8,12-13,15,17,26H,9-11H2,1-4H3,(H,20,25)(H,21,24)/t15?,17-/m0/s1. The Bertz CT molecular complexity index is 618. The summed E-state index contributed by atoms with van der Waals surface area (Å²) in [5, 5.41) is 15.2. The fraction of sp³-hybridized carbons (Fsp3) is 0.526. The molecule has 0 heterocycles. The highest BCUT2D eigenvalue weighted by molar-refractivity contribution is 5.88. The van der Waals surface area contributed by atoms with Crippen LogP contribution in [-0.4, -0.2) is 55.2 Å². The smallest absolute Gasteiger partial charge is 0.242 e. The van der Waals surface area contributed by atoms with E-state index in [1.54, 1.807) is 19.2 Å². The van der Waals surface area contributed by atoms with E-state index in [1.165, 1.54) is 7.05 Å². The summed E-state index contributed by atoms with van der Waals surface area (Å²) in [4.78, 5) is 35.6. The quantitative estimate of drug-likeness (QED) is 0.302. The van der Waals surface area contributed by atoms with Gasteiger partial charge in [-0.05, 0) is 30.0 Å². The maximum atomic E-state index is 12.7. The number of nitrogens with zero attached hydrogens (tertiary/aromatic N) is 1. The fourth-order valence-electron chi connectivity index (χ4n) is 2.77. The minimum absolute atomic E-state index is 0.128. The van der Waals surface area contributed by atoms with Crippen LogP contribution < -0.4 is 15.4 Å². The van der Waals surface area contributed by atoms with Crippen molar-refractivity contribution < 1.29 is 24.3 Å². The first-order valence-electron chi connectivity index (χ1n) is 8.86. The monoisotopic (exact) mass is 379 g/mol. The van der Waals surface area contributed by atoms with Crippen molar-refractivity contribution in [1.82, 2.24) is 15.7 Å². The number of ether oxygens (including phenoxy) is 1. The number of likely N-dealkylation sites (N-methyl/N-ethyl adjacent to an activating group) is 1. The average molecular weight is 379 g/mol. The number of rotatable bonds is 11. The van der Waals surface area contributed by atoms with Gasteiger partial charge in [-0.1, -0.05) is 26.0 Å². The molecule has 0 aromatic heterocycles. The molecule has 0 saturated heterocycles. The van der Waals surface area contributed by atoms with Crippen molar-refractivity contribution in [3.63, 3.8) is 0 Å². The molecule has 8 nitrogen and oxygen atoms in total. The van der Waals surface area contributed by atoms with Crippen LogP contribution in [0.3, 0.4) is 0 Å². The number of hydrogen-bond acceptors (Lipinski definition) is 5. The summed E-state index contributed by atoms with van der Waals surface area (Å²) in [5.41, 5.74) is 0.863. The number of nitrogens with one attached hydrogen (secondary N) is 2. The summed E-state index contributed by atoms with van der Waals surface area (Å²) in [7, 11) is 3.07. The lowest BCUT2D eigenvalue weighted by atomic mass is 9.95. The average Bonchev–Trinajstić information content (AvgIpc) is 2.66. The third kappa shape index (κ3) is 7.65. The van der Waals surface area contributed by atoms with Crippen molar-refractivity contribution in [3.8, 4) is 5.75 Å². The van der Waals surface area contributed by atoms with Crippen LogP contribution in [0.15, 0.2) is 24.3 Å². The Morgan fingerprint density at radius 3 is 2.33 bits per heavy atom. The topological polar surface area (TPSA) is 108 Å². The summed E-state index contributed by atoms with van der Waals surface area (Å²) in [6.07, 6.45) is 1.04. The number of benzene rings is 1. The third-order valence-electron chi connectivity index (χ3n) is 4.13. The predicted octanol–water partition coefficient (Wildman–Crippen LogP) is 0.978. The molecule has 1 aromatic rings. The lowest BCUT2D eigenvalue weighted by Crippen LogP contribution is -2.50. The molecule has 0 bridgehead atoms. The van der Waals surface area contributed by atoms with Gasteiger partial charge in [0.2, 0.25) is 18.2 Å². The Labute approximate surface area is 159 Å². The van der Waals surface area contributed by atoms with Gasteiger partial charge in [0.05, 0.1) is 19.6 Å². The summed E-state index contributed by atoms with van der Waals surface area (Å²) in [6, 6.07) is 6.46. The number of hydroxylamine groups is 2. The van der Waals surface area contributed by atoms with E-state index in [1.807, 2.05) is 26.0 Å². The Hall–Kier alpha value is -2.61. The van der Waals surface area contributed by atoms with Crippen molar-refractivity contribution >= 4 is 18.2 Å². The minimum Gasteiger partial charge on any atom is -0.497 e. The zero-order valence-electron chi connectivity index (χ0n) is 16.3. The summed E-state index contributed by atoms with van der Waals surface area (Å²) in [6.45, 7) is 3.75. The Balaban J connectivity index is 2.89. The summed E-state index contributed by atoms with van der Waals surface area (Å²) < 4.78 is 5.12. The molecule has 8 heteroatoms. The third-order valence-corrected chi connectivity index (χ3v) is 4.13. The van der Waals surface area contributed by atoms with E-state index < -0.39 is 12.0 Å². The normalized spacial score (nSPS) is 12.8. The van der Waals surface area contributed by atoms with Gasteiger partial charge in [-0.3, -0.25) is 19.6 Å². The van der Waals surface area contributed by atoms with Crippen molar-refractivity contribution in [2.45, 2.75) is 32.7 Å². The van der Waals surface area contributed by atoms with Crippen molar-refractivity contribution in [2.24, 2.45) is 11.8 Å². The van der Waals surface area contributed by atoms with E-state index >= 15 is 0 Å². The number of amides is 3.